The van der Waals surface area contributed by atoms with Crippen molar-refractivity contribution in [2.24, 2.45) is 0 Å². The first kappa shape index (κ1) is 11.6. The zero-order chi connectivity index (χ0) is 12.3. The predicted molar refractivity (Wildman–Crippen MR) is 59.4 cm³/mol. The normalized spacial score (nSPS) is 14.4. The Morgan fingerprint density at radius 1 is 1.53 bits per heavy atom. The molecule has 1 aliphatic rings. The Morgan fingerprint density at radius 2 is 2.29 bits per heavy atom. The molecular formula is C11H15N3O3. The number of aromatic nitrogens is 1. The summed E-state index contributed by atoms with van der Waals surface area (Å²) in [5.41, 5.74) is 0.241. The first-order valence-corrected chi connectivity index (χ1v) is 5.66. The van der Waals surface area contributed by atoms with Gasteiger partial charge in [-0.2, -0.15) is 0 Å². The van der Waals surface area contributed by atoms with Gasteiger partial charge in [-0.25, -0.2) is 0 Å². The standard InChI is InChI=1S/C11H15N3O3/c1-7-6-9(14-17-7)11(16)12-5-4-10(15)13-8-2-3-8/h6,8H,2-5H2,1H3,(H,12,16)(H,13,15). The van der Waals surface area contributed by atoms with Crippen LogP contribution in [0.15, 0.2) is 10.6 Å². The van der Waals surface area contributed by atoms with Crippen molar-refractivity contribution in [3.63, 3.8) is 0 Å². The fraction of sp³-hybridized carbons (Fsp3) is 0.545. The largest absolute Gasteiger partial charge is 0.361 e. The van der Waals surface area contributed by atoms with Crippen LogP contribution in [0.2, 0.25) is 0 Å². The van der Waals surface area contributed by atoms with E-state index in [9.17, 15) is 9.59 Å². The van der Waals surface area contributed by atoms with Gasteiger partial charge in [0.05, 0.1) is 0 Å². The molecule has 1 aromatic rings. The third-order valence-corrected chi connectivity index (χ3v) is 2.44. The van der Waals surface area contributed by atoms with Crippen LogP contribution in [0.25, 0.3) is 0 Å². The molecule has 0 radical (unpaired) electrons. The average molecular weight is 237 g/mol. The lowest BCUT2D eigenvalue weighted by Gasteiger charge is -2.03. The van der Waals surface area contributed by atoms with E-state index in [0.29, 0.717) is 24.8 Å². The third-order valence-electron chi connectivity index (χ3n) is 2.44. The van der Waals surface area contributed by atoms with Crippen LogP contribution >= 0.6 is 0 Å². The Morgan fingerprint density at radius 3 is 2.88 bits per heavy atom. The molecule has 0 bridgehead atoms. The first-order chi connectivity index (χ1) is 8.15. The number of hydrogen-bond donors (Lipinski definition) is 2. The quantitative estimate of drug-likeness (QED) is 0.775. The van der Waals surface area contributed by atoms with Gasteiger partial charge in [0.15, 0.2) is 5.69 Å². The summed E-state index contributed by atoms with van der Waals surface area (Å²) in [5, 5.41) is 9.05. The van der Waals surface area contributed by atoms with Gasteiger partial charge in [-0.1, -0.05) is 5.16 Å². The SMILES string of the molecule is Cc1cc(C(=O)NCCC(=O)NC2CC2)no1. The number of aryl methyl sites for hydroxylation is 1. The molecule has 0 unspecified atom stereocenters. The van der Waals surface area contributed by atoms with Gasteiger partial charge >= 0.3 is 0 Å². The van der Waals surface area contributed by atoms with E-state index in [2.05, 4.69) is 15.8 Å². The van der Waals surface area contributed by atoms with E-state index < -0.39 is 0 Å². The number of amides is 2. The number of carbonyl (C=O) groups excluding carboxylic acids is 2. The summed E-state index contributed by atoms with van der Waals surface area (Å²) in [5.74, 6) is 0.242. The summed E-state index contributed by atoms with van der Waals surface area (Å²) < 4.78 is 4.78. The van der Waals surface area contributed by atoms with Gasteiger partial charge in [0.25, 0.3) is 5.91 Å². The number of nitrogens with one attached hydrogen (secondary N) is 2. The second-order valence-corrected chi connectivity index (χ2v) is 4.17. The molecule has 0 atom stereocenters. The van der Waals surface area contributed by atoms with Gasteiger partial charge in [0, 0.05) is 25.1 Å². The molecule has 0 saturated heterocycles. The van der Waals surface area contributed by atoms with E-state index in [1.807, 2.05) is 0 Å². The molecule has 1 aromatic heterocycles. The minimum Gasteiger partial charge on any atom is -0.361 e. The van der Waals surface area contributed by atoms with Crippen LogP contribution in [0, 0.1) is 6.92 Å². The van der Waals surface area contributed by atoms with Gasteiger partial charge in [-0.05, 0) is 19.8 Å². The molecule has 1 saturated carbocycles. The van der Waals surface area contributed by atoms with Crippen molar-refractivity contribution in [1.29, 1.82) is 0 Å². The Kier molecular flexibility index (Phi) is 3.41. The topological polar surface area (TPSA) is 84.2 Å². The van der Waals surface area contributed by atoms with Crippen molar-refractivity contribution in [3.8, 4) is 0 Å². The van der Waals surface area contributed by atoms with Crippen molar-refractivity contribution in [3.05, 3.63) is 17.5 Å². The van der Waals surface area contributed by atoms with Crippen LogP contribution in [0.1, 0.15) is 35.5 Å². The maximum atomic E-state index is 11.5. The minimum absolute atomic E-state index is 0.0240. The van der Waals surface area contributed by atoms with Crippen LogP contribution in [0.5, 0.6) is 0 Å². The molecule has 0 aromatic carbocycles. The molecular weight excluding hydrogens is 222 g/mol. The summed E-state index contributed by atoms with van der Waals surface area (Å²) in [6.07, 6.45) is 2.42. The zero-order valence-corrected chi connectivity index (χ0v) is 9.66. The summed E-state index contributed by atoms with van der Waals surface area (Å²) in [6.45, 7) is 2.02. The lowest BCUT2D eigenvalue weighted by molar-refractivity contribution is -0.121. The Balaban J connectivity index is 1.67. The van der Waals surface area contributed by atoms with E-state index in [1.165, 1.54) is 0 Å². The highest BCUT2D eigenvalue weighted by Crippen LogP contribution is 2.18. The summed E-state index contributed by atoms with van der Waals surface area (Å²) in [4.78, 5) is 22.8. The number of rotatable bonds is 5. The second kappa shape index (κ2) is 4.99. The highest BCUT2D eigenvalue weighted by molar-refractivity contribution is 5.92. The van der Waals surface area contributed by atoms with Gasteiger partial charge in [-0.15, -0.1) is 0 Å². The zero-order valence-electron chi connectivity index (χ0n) is 9.66. The van der Waals surface area contributed by atoms with Crippen molar-refractivity contribution in [2.75, 3.05) is 6.54 Å². The molecule has 1 heterocycles. The van der Waals surface area contributed by atoms with Gasteiger partial charge in [-0.3, -0.25) is 9.59 Å². The van der Waals surface area contributed by atoms with E-state index in [0.717, 1.165) is 12.8 Å². The minimum atomic E-state index is -0.318. The summed E-state index contributed by atoms with van der Waals surface area (Å²) in [6, 6.07) is 1.91. The smallest absolute Gasteiger partial charge is 0.273 e. The second-order valence-electron chi connectivity index (χ2n) is 4.17. The average Bonchev–Trinajstić information content (AvgIpc) is 2.97. The van der Waals surface area contributed by atoms with Crippen LogP contribution in [0.4, 0.5) is 0 Å². The summed E-state index contributed by atoms with van der Waals surface area (Å²) >= 11 is 0. The van der Waals surface area contributed by atoms with Crippen LogP contribution in [0.3, 0.4) is 0 Å². The molecule has 0 spiro atoms. The van der Waals surface area contributed by atoms with Crippen LogP contribution < -0.4 is 10.6 Å². The van der Waals surface area contributed by atoms with Crippen molar-refractivity contribution in [2.45, 2.75) is 32.2 Å². The fourth-order valence-corrected chi connectivity index (χ4v) is 1.38. The molecule has 92 valence electrons. The van der Waals surface area contributed by atoms with Crippen molar-refractivity contribution >= 4 is 11.8 Å². The fourth-order valence-electron chi connectivity index (χ4n) is 1.38. The molecule has 0 aliphatic heterocycles. The monoisotopic (exact) mass is 237 g/mol. The highest BCUT2D eigenvalue weighted by atomic mass is 16.5. The number of carbonyl (C=O) groups is 2. The van der Waals surface area contributed by atoms with E-state index in [-0.39, 0.29) is 17.5 Å². The molecule has 2 N–H and O–H groups in total. The van der Waals surface area contributed by atoms with Crippen molar-refractivity contribution in [1.82, 2.24) is 15.8 Å². The molecule has 6 heteroatoms. The molecule has 6 nitrogen and oxygen atoms in total. The number of nitrogens with zero attached hydrogens (tertiary/aromatic N) is 1. The third kappa shape index (κ3) is 3.58. The Hall–Kier alpha value is -1.85. The van der Waals surface area contributed by atoms with E-state index in [1.54, 1.807) is 13.0 Å². The summed E-state index contributed by atoms with van der Waals surface area (Å²) in [7, 11) is 0. The van der Waals surface area contributed by atoms with Crippen molar-refractivity contribution < 1.29 is 14.1 Å². The van der Waals surface area contributed by atoms with Crippen LogP contribution in [-0.2, 0) is 4.79 Å². The maximum Gasteiger partial charge on any atom is 0.273 e. The molecule has 17 heavy (non-hydrogen) atoms. The highest BCUT2D eigenvalue weighted by Gasteiger charge is 2.22. The van der Waals surface area contributed by atoms with Gasteiger partial charge in [0.1, 0.15) is 5.76 Å². The Bertz CT molecular complexity index is 423. The number of hydrogen-bond acceptors (Lipinski definition) is 4. The molecule has 1 aliphatic carbocycles. The Labute approximate surface area is 98.7 Å². The van der Waals surface area contributed by atoms with E-state index in [4.69, 9.17) is 4.52 Å². The van der Waals surface area contributed by atoms with Gasteiger partial charge in [0.2, 0.25) is 5.91 Å². The molecule has 1 fully saturated rings. The van der Waals surface area contributed by atoms with Crippen LogP contribution in [-0.4, -0.2) is 29.6 Å². The lowest BCUT2D eigenvalue weighted by atomic mass is 10.3. The predicted octanol–water partition coefficient (Wildman–Crippen LogP) is 0.382. The molecule has 2 amide bonds. The lowest BCUT2D eigenvalue weighted by Crippen LogP contribution is -2.31. The van der Waals surface area contributed by atoms with Gasteiger partial charge < -0.3 is 15.2 Å². The maximum absolute atomic E-state index is 11.5. The van der Waals surface area contributed by atoms with E-state index >= 15 is 0 Å². The first-order valence-electron chi connectivity index (χ1n) is 5.66. The molecule has 2 rings (SSSR count).